The van der Waals surface area contributed by atoms with Crippen LogP contribution in [-0.2, 0) is 4.79 Å². The Bertz CT molecular complexity index is 444. The van der Waals surface area contributed by atoms with Crippen LogP contribution in [0, 0.1) is 10.1 Å². The number of nitrogens with zero attached hydrogens (tertiary/aromatic N) is 2. The highest BCUT2D eigenvalue weighted by molar-refractivity contribution is 5.97. The first-order valence-corrected chi connectivity index (χ1v) is 4.27. The summed E-state index contributed by atoms with van der Waals surface area (Å²) in [5, 5.41) is 10.5. The third-order valence-electron chi connectivity index (χ3n) is 2.24. The van der Waals surface area contributed by atoms with E-state index in [-0.39, 0.29) is 18.2 Å². The average molecular weight is 208 g/mol. The Hall–Kier alpha value is -2.11. The quantitative estimate of drug-likeness (QED) is 0.508. The van der Waals surface area contributed by atoms with Gasteiger partial charge in [-0.15, -0.1) is 0 Å². The standard InChI is InChI=1S/C9H8N2O4/c1-10-7-4-6(11(13)14)2-3-8(7)15-5-9(10)12/h2-4H,5H2,1H3. The number of benzene rings is 1. The maximum atomic E-state index is 11.3. The van der Waals surface area contributed by atoms with Crippen LogP contribution in [0.4, 0.5) is 11.4 Å². The van der Waals surface area contributed by atoms with E-state index in [1.54, 1.807) is 7.05 Å². The van der Waals surface area contributed by atoms with Gasteiger partial charge in [0.05, 0.1) is 10.6 Å². The molecule has 6 heteroatoms. The van der Waals surface area contributed by atoms with Gasteiger partial charge in [0.1, 0.15) is 5.75 Å². The van der Waals surface area contributed by atoms with Crippen LogP contribution in [0.1, 0.15) is 0 Å². The SMILES string of the molecule is CN1C(=O)COc2ccc([N+](=O)[O-])cc21. The molecule has 0 saturated heterocycles. The summed E-state index contributed by atoms with van der Waals surface area (Å²) in [7, 11) is 1.56. The number of ether oxygens (including phenoxy) is 1. The van der Waals surface area contributed by atoms with E-state index in [9.17, 15) is 14.9 Å². The van der Waals surface area contributed by atoms with Crippen molar-refractivity contribution in [3.8, 4) is 5.75 Å². The molecule has 0 bridgehead atoms. The van der Waals surface area contributed by atoms with Gasteiger partial charge in [-0.05, 0) is 6.07 Å². The van der Waals surface area contributed by atoms with Crippen LogP contribution in [0.15, 0.2) is 18.2 Å². The number of nitro groups is 1. The number of rotatable bonds is 1. The van der Waals surface area contributed by atoms with Gasteiger partial charge in [-0.1, -0.05) is 0 Å². The number of anilines is 1. The lowest BCUT2D eigenvalue weighted by Crippen LogP contribution is -2.35. The zero-order valence-electron chi connectivity index (χ0n) is 7.97. The molecule has 0 radical (unpaired) electrons. The lowest BCUT2D eigenvalue weighted by molar-refractivity contribution is -0.384. The zero-order valence-corrected chi connectivity index (χ0v) is 7.97. The topological polar surface area (TPSA) is 72.7 Å². The van der Waals surface area contributed by atoms with Crippen molar-refractivity contribution in [3.05, 3.63) is 28.3 Å². The van der Waals surface area contributed by atoms with E-state index < -0.39 is 4.92 Å². The summed E-state index contributed by atoms with van der Waals surface area (Å²) in [4.78, 5) is 22.7. The monoisotopic (exact) mass is 208 g/mol. The van der Waals surface area contributed by atoms with Crippen LogP contribution in [0.3, 0.4) is 0 Å². The molecule has 1 aliphatic heterocycles. The van der Waals surface area contributed by atoms with Crippen LogP contribution >= 0.6 is 0 Å². The highest BCUT2D eigenvalue weighted by Crippen LogP contribution is 2.34. The largest absolute Gasteiger partial charge is 0.482 e. The first-order valence-electron chi connectivity index (χ1n) is 4.27. The van der Waals surface area contributed by atoms with Crippen molar-refractivity contribution in [1.82, 2.24) is 0 Å². The van der Waals surface area contributed by atoms with Gasteiger partial charge in [0.25, 0.3) is 11.6 Å². The fourth-order valence-electron chi connectivity index (χ4n) is 1.37. The Labute approximate surface area is 85.2 Å². The fraction of sp³-hybridized carbons (Fsp3) is 0.222. The molecule has 15 heavy (non-hydrogen) atoms. The maximum Gasteiger partial charge on any atom is 0.271 e. The molecule has 0 atom stereocenters. The molecular weight excluding hydrogens is 200 g/mol. The van der Waals surface area contributed by atoms with Gasteiger partial charge < -0.3 is 9.64 Å². The maximum absolute atomic E-state index is 11.3. The summed E-state index contributed by atoms with van der Waals surface area (Å²) < 4.78 is 5.13. The summed E-state index contributed by atoms with van der Waals surface area (Å²) in [5.41, 5.74) is 0.374. The molecule has 0 aliphatic carbocycles. The van der Waals surface area contributed by atoms with Gasteiger partial charge in [-0.2, -0.15) is 0 Å². The second-order valence-electron chi connectivity index (χ2n) is 3.15. The predicted octanol–water partition coefficient (Wildman–Crippen LogP) is 0.950. The van der Waals surface area contributed by atoms with Crippen molar-refractivity contribution in [2.45, 2.75) is 0 Å². The van der Waals surface area contributed by atoms with Crippen LogP contribution in [0.5, 0.6) is 5.75 Å². The molecule has 6 nitrogen and oxygen atoms in total. The van der Waals surface area contributed by atoms with Gasteiger partial charge in [-0.25, -0.2) is 0 Å². The first-order chi connectivity index (χ1) is 7.09. The van der Waals surface area contributed by atoms with Gasteiger partial charge in [-0.3, -0.25) is 14.9 Å². The van der Waals surface area contributed by atoms with Gasteiger partial charge in [0.15, 0.2) is 6.61 Å². The third kappa shape index (κ3) is 1.50. The van der Waals surface area contributed by atoms with Gasteiger partial charge in [0, 0.05) is 19.2 Å². The summed E-state index contributed by atoms with van der Waals surface area (Å²) in [6, 6.07) is 4.17. The lowest BCUT2D eigenvalue weighted by Gasteiger charge is -2.25. The Morgan fingerprint density at radius 3 is 2.93 bits per heavy atom. The third-order valence-corrected chi connectivity index (χ3v) is 2.24. The number of hydrogen-bond donors (Lipinski definition) is 0. The number of non-ortho nitro benzene ring substituents is 1. The molecule has 1 aromatic carbocycles. The van der Waals surface area contributed by atoms with Crippen LogP contribution in [0.2, 0.25) is 0 Å². The van der Waals surface area contributed by atoms with Crippen molar-refractivity contribution >= 4 is 17.3 Å². The lowest BCUT2D eigenvalue weighted by atomic mass is 10.2. The average Bonchev–Trinajstić information content (AvgIpc) is 2.23. The number of nitro benzene ring substituents is 1. The molecule has 0 spiro atoms. The van der Waals surface area contributed by atoms with Gasteiger partial charge in [0.2, 0.25) is 0 Å². The molecule has 2 rings (SSSR count). The summed E-state index contributed by atoms with van der Waals surface area (Å²) >= 11 is 0. The molecule has 0 saturated carbocycles. The van der Waals surface area contributed by atoms with Crippen molar-refractivity contribution in [2.24, 2.45) is 0 Å². The minimum Gasteiger partial charge on any atom is -0.482 e. The Balaban J connectivity index is 2.50. The minimum atomic E-state index is -0.507. The van der Waals surface area contributed by atoms with E-state index in [2.05, 4.69) is 0 Å². The Morgan fingerprint density at radius 2 is 2.27 bits per heavy atom. The van der Waals surface area contributed by atoms with E-state index in [0.717, 1.165) is 0 Å². The number of amides is 1. The number of hydrogen-bond acceptors (Lipinski definition) is 4. The molecule has 1 aliphatic rings. The fourth-order valence-corrected chi connectivity index (χ4v) is 1.37. The highest BCUT2D eigenvalue weighted by Gasteiger charge is 2.24. The molecule has 1 amide bonds. The second-order valence-corrected chi connectivity index (χ2v) is 3.15. The molecule has 0 unspecified atom stereocenters. The smallest absolute Gasteiger partial charge is 0.271 e. The van der Waals surface area contributed by atoms with Crippen LogP contribution in [-0.4, -0.2) is 24.5 Å². The highest BCUT2D eigenvalue weighted by atomic mass is 16.6. The van der Waals surface area contributed by atoms with E-state index >= 15 is 0 Å². The number of carbonyl (C=O) groups is 1. The second kappa shape index (κ2) is 3.23. The number of likely N-dealkylation sites (N-methyl/N-ethyl adjacent to an activating group) is 1. The molecule has 1 aromatic rings. The van der Waals surface area contributed by atoms with Crippen molar-refractivity contribution in [2.75, 3.05) is 18.6 Å². The summed E-state index contributed by atoms with van der Waals surface area (Å²) in [5.74, 6) is 0.269. The molecular formula is C9H8N2O4. The molecule has 0 N–H and O–H groups in total. The predicted molar refractivity (Wildman–Crippen MR) is 52.0 cm³/mol. The summed E-state index contributed by atoms with van der Waals surface area (Å²) in [6.45, 7) is -0.0265. The van der Waals surface area contributed by atoms with E-state index in [1.165, 1.54) is 23.1 Å². The van der Waals surface area contributed by atoms with Crippen molar-refractivity contribution in [1.29, 1.82) is 0 Å². The van der Waals surface area contributed by atoms with Crippen molar-refractivity contribution in [3.63, 3.8) is 0 Å². The minimum absolute atomic E-state index is 0.0265. The number of carbonyl (C=O) groups excluding carboxylic acids is 1. The van der Waals surface area contributed by atoms with Crippen LogP contribution < -0.4 is 9.64 Å². The molecule has 0 fully saturated rings. The molecule has 78 valence electrons. The van der Waals surface area contributed by atoms with E-state index in [4.69, 9.17) is 4.74 Å². The van der Waals surface area contributed by atoms with E-state index in [0.29, 0.717) is 11.4 Å². The Morgan fingerprint density at radius 1 is 1.53 bits per heavy atom. The van der Waals surface area contributed by atoms with Crippen LogP contribution in [0.25, 0.3) is 0 Å². The van der Waals surface area contributed by atoms with Gasteiger partial charge >= 0.3 is 0 Å². The number of fused-ring (bicyclic) bond motifs is 1. The molecule has 0 aromatic heterocycles. The van der Waals surface area contributed by atoms with Crippen molar-refractivity contribution < 1.29 is 14.5 Å². The first kappa shape index (κ1) is 9.45. The van der Waals surface area contributed by atoms with E-state index in [1.807, 2.05) is 0 Å². The zero-order chi connectivity index (χ0) is 11.0. The summed E-state index contributed by atoms with van der Waals surface area (Å²) in [6.07, 6.45) is 0. The molecule has 1 heterocycles. The normalized spacial score (nSPS) is 14.5. The Kier molecular flexibility index (Phi) is 2.03.